The number of hydrazine groups is 1. The Bertz CT molecular complexity index is 5340. The summed E-state index contributed by atoms with van der Waals surface area (Å²) in [5.41, 5.74) is 6.52. The van der Waals surface area contributed by atoms with E-state index in [2.05, 4.69) is 63.7 Å². The lowest BCUT2D eigenvalue weighted by molar-refractivity contribution is -0.334. The third-order valence-electron chi connectivity index (χ3n) is 21.3. The lowest BCUT2D eigenvalue weighted by Crippen LogP contribution is -2.65. The highest BCUT2D eigenvalue weighted by molar-refractivity contribution is 6.32. The van der Waals surface area contributed by atoms with Crippen molar-refractivity contribution in [1.29, 1.82) is 0 Å². The van der Waals surface area contributed by atoms with Gasteiger partial charge in [0.1, 0.15) is 101 Å². The number of fused-ring (bicyclic) bond motifs is 15. The summed E-state index contributed by atoms with van der Waals surface area (Å²) < 4.78 is 40.6. The van der Waals surface area contributed by atoms with Crippen LogP contribution in [-0.4, -0.2) is 215 Å². The average Bonchev–Trinajstić information content (AvgIpc) is 0.762. The van der Waals surface area contributed by atoms with Gasteiger partial charge in [-0.3, -0.25) is 53.1 Å². The molecule has 7 aliphatic rings. The first-order chi connectivity index (χ1) is 58.9. The molecule has 660 valence electrons. The van der Waals surface area contributed by atoms with Gasteiger partial charge in [0.2, 0.25) is 59.3 Å². The normalized spacial score (nSPS) is 26.1. The number of aromatic hydroxyl groups is 3. The SMILES string of the molecule is CNNC(=O)C1NC(=O)C2NC(=O)C(NC(=O)C3NC(=O)C(CC(N)=O)NC(=O)C(NC(=O)C(CC(C)C)NC)C(O)c4ccc(c(Cl)c4)Oc4cc3cc(c4OC3OC(CO)C(O)C(O)C3OC3CC(C)(NCCn4ccc(NC(=O)C=Cc5ccc(Cl)cc5)nc4=O)C(O)C(C)O3)Oc3ccc(cc3Cl)C2O)c2ccc(O)c(c2)-c2c(O)cc(O)cc21. The molecule has 0 aliphatic carbocycles. The molecular formula is C82H91Cl3N14O25. The topological polar surface area (TPSA) is 584 Å². The van der Waals surface area contributed by atoms with Gasteiger partial charge in [0.15, 0.2) is 23.9 Å². The highest BCUT2D eigenvalue weighted by Gasteiger charge is 2.52. The fourth-order valence-corrected chi connectivity index (χ4v) is 15.5. The van der Waals surface area contributed by atoms with Gasteiger partial charge in [0.05, 0.1) is 41.3 Å². The van der Waals surface area contributed by atoms with Crippen LogP contribution in [0.15, 0.2) is 126 Å². The molecule has 42 heteroatoms. The number of rotatable bonds is 21. The van der Waals surface area contributed by atoms with Gasteiger partial charge in [-0.2, -0.15) is 4.98 Å². The number of carbonyl (C=O) groups excluding carboxylic acids is 9. The second kappa shape index (κ2) is 39.1. The van der Waals surface area contributed by atoms with Crippen LogP contribution in [0, 0.1) is 5.92 Å². The Hall–Kier alpha value is -11.6. The van der Waals surface area contributed by atoms with Crippen LogP contribution < -0.4 is 84.3 Å². The van der Waals surface area contributed by atoms with Gasteiger partial charge in [-0.25, -0.2) is 10.2 Å². The maximum atomic E-state index is 16.3. The Morgan fingerprint density at radius 1 is 0.718 bits per heavy atom. The van der Waals surface area contributed by atoms with Gasteiger partial charge in [0, 0.05) is 66.6 Å². The van der Waals surface area contributed by atoms with Crippen molar-refractivity contribution in [3.8, 4) is 57.1 Å². The number of carbonyl (C=O) groups is 9. The van der Waals surface area contributed by atoms with Crippen LogP contribution in [0.5, 0.6) is 46.0 Å². The third-order valence-corrected chi connectivity index (χ3v) is 22.1. The van der Waals surface area contributed by atoms with E-state index in [1.807, 2.05) is 13.8 Å². The van der Waals surface area contributed by atoms with E-state index in [1.165, 1.54) is 68.2 Å². The fraction of sp³-hybridized carbons (Fsp3) is 0.378. The number of benzene rings is 6. The van der Waals surface area contributed by atoms with Gasteiger partial charge in [-0.15, -0.1) is 0 Å². The number of anilines is 1. The summed E-state index contributed by atoms with van der Waals surface area (Å²) in [6, 6.07) is 7.91. The molecule has 0 saturated carbocycles. The molecule has 22 N–H and O–H groups in total. The zero-order chi connectivity index (χ0) is 89.6. The molecule has 7 aromatic rings. The van der Waals surface area contributed by atoms with Crippen molar-refractivity contribution in [1.82, 2.24) is 62.9 Å². The molecule has 2 saturated heterocycles. The Morgan fingerprint density at radius 3 is 1.99 bits per heavy atom. The lowest BCUT2D eigenvalue weighted by Gasteiger charge is -2.48. The smallest absolute Gasteiger partial charge is 0.349 e. The van der Waals surface area contributed by atoms with E-state index >= 15 is 24.0 Å². The van der Waals surface area contributed by atoms with E-state index in [1.54, 1.807) is 31.2 Å². The summed E-state index contributed by atoms with van der Waals surface area (Å²) in [5, 5.41) is 130. The van der Waals surface area contributed by atoms with E-state index in [-0.39, 0.29) is 60.1 Å². The van der Waals surface area contributed by atoms with Crippen molar-refractivity contribution in [2.45, 2.75) is 163 Å². The predicted molar refractivity (Wildman–Crippen MR) is 440 cm³/mol. The Balaban J connectivity index is 0.996. The van der Waals surface area contributed by atoms with E-state index in [0.29, 0.717) is 10.6 Å². The summed E-state index contributed by atoms with van der Waals surface area (Å²) in [4.78, 5) is 150. The Kier molecular flexibility index (Phi) is 28.8. The predicted octanol–water partition coefficient (Wildman–Crippen LogP) is 1.47. The van der Waals surface area contributed by atoms with Crippen LogP contribution in [0.1, 0.15) is 111 Å². The van der Waals surface area contributed by atoms with E-state index in [0.717, 1.165) is 60.7 Å². The minimum absolute atomic E-state index is 0.0314. The zero-order valence-electron chi connectivity index (χ0n) is 66.9. The van der Waals surface area contributed by atoms with Crippen molar-refractivity contribution < 1.29 is 118 Å². The summed E-state index contributed by atoms with van der Waals surface area (Å²) >= 11 is 20.3. The van der Waals surface area contributed by atoms with Crippen LogP contribution in [0.2, 0.25) is 15.1 Å². The maximum absolute atomic E-state index is 16.3. The van der Waals surface area contributed by atoms with Crippen LogP contribution in [-0.2, 0) is 63.9 Å². The molecule has 18 unspecified atom stereocenters. The first kappa shape index (κ1) is 91.6. The number of nitrogens with zero attached hydrogens (tertiary/aromatic N) is 2. The third kappa shape index (κ3) is 20.7. The fourth-order valence-electron chi connectivity index (χ4n) is 14.9. The number of aromatic nitrogens is 2. The van der Waals surface area contributed by atoms with Crippen molar-refractivity contribution in [3.05, 3.63) is 180 Å². The molecule has 0 radical (unpaired) electrons. The van der Waals surface area contributed by atoms with E-state index in [9.17, 15) is 69.9 Å². The average molecular weight is 1780 g/mol. The number of ether oxygens (including phenoxy) is 6. The molecular weight excluding hydrogens is 1690 g/mol. The number of aliphatic hydroxyl groups excluding tert-OH is 6. The van der Waals surface area contributed by atoms with E-state index in [4.69, 9.17) is 69.0 Å². The van der Waals surface area contributed by atoms with Gasteiger partial charge in [-0.1, -0.05) is 79.0 Å². The molecule has 8 heterocycles. The molecule has 39 nitrogen and oxygen atoms in total. The number of likely N-dealkylation sites (N-methyl/N-ethyl adjacent to an activating group) is 1. The molecule has 9 amide bonds. The molecule has 14 rings (SSSR count). The Morgan fingerprint density at radius 2 is 1.36 bits per heavy atom. The van der Waals surface area contributed by atoms with Crippen LogP contribution in [0.4, 0.5) is 5.82 Å². The summed E-state index contributed by atoms with van der Waals surface area (Å²) in [6.45, 7) is 5.62. The number of amides is 9. The molecule has 11 bridgehead atoms. The molecule has 7 aliphatic heterocycles. The van der Waals surface area contributed by atoms with Crippen LogP contribution in [0.3, 0.4) is 0 Å². The number of primary amides is 1. The van der Waals surface area contributed by atoms with Gasteiger partial charge >= 0.3 is 5.69 Å². The zero-order valence-corrected chi connectivity index (χ0v) is 69.2. The molecule has 1 aromatic heterocycles. The maximum Gasteiger partial charge on any atom is 0.349 e. The number of aliphatic hydroxyl groups is 6. The number of hydrogen-bond donors (Lipinski definition) is 21. The second-order valence-corrected chi connectivity index (χ2v) is 31.9. The minimum Gasteiger partial charge on any atom is -0.508 e. The van der Waals surface area contributed by atoms with Crippen molar-refractivity contribution in [3.63, 3.8) is 0 Å². The van der Waals surface area contributed by atoms with Crippen LogP contribution in [0.25, 0.3) is 17.2 Å². The van der Waals surface area contributed by atoms with Gasteiger partial charge in [-0.05, 0) is 145 Å². The molecule has 0 spiro atoms. The van der Waals surface area contributed by atoms with Crippen molar-refractivity contribution in [2.24, 2.45) is 11.7 Å². The number of halogens is 3. The first-order valence-corrected chi connectivity index (χ1v) is 40.0. The molecule has 18 atom stereocenters. The number of nitrogens with two attached hydrogens (primary N) is 1. The highest BCUT2D eigenvalue weighted by atomic mass is 35.5. The minimum atomic E-state index is -2.38. The second-order valence-electron chi connectivity index (χ2n) is 30.6. The molecule has 2 fully saturated rings. The van der Waals surface area contributed by atoms with Gasteiger partial charge < -0.3 is 128 Å². The highest BCUT2D eigenvalue weighted by Crippen LogP contribution is 2.50. The Labute approximate surface area is 721 Å². The molecule has 6 aromatic carbocycles. The summed E-state index contributed by atoms with van der Waals surface area (Å²) in [7, 11) is 2.75. The standard InChI is InChI=1S/C82H91Cl3N14O25/c1-34(2)23-47(87-5)73(111)96-64-66(106)38-11-16-51(45(84)25-38)120-53-27-40-28-54(70(53)124-80-71(69(109)68(108)55(33-100)122-80)123-59-32-82(4,72(110)35(3)119-59)89-20-22-99-21-19-57(92-81(99)118)91-58(105)18-9-36-7-13-41(83)14-8-36)121-52-17-12-39(26-46(52)85)67(107)65-78(116)95-63(79(117)98-88-6)44-29-42(101)30-50(103)60(44)43-24-37(10-15-49(43)102)61(75(113)97-65)94-76(114)62(40)93-74(112)48(31-56(86)104)90-77(64)115/h7-19,21,24-30,34-35,47-48,55,59,61-69,71-72,80,87-89,100-103,106-110H,20,22-23,31-33H2,1-6H3,(H2,86,104)(H,90,115)(H,93,112)(H,94,114)(H,95,116)(H,96,111)(H,97,113)(H,98,117)(H,91,92,105,118). The number of nitrogens with one attached hydrogen (secondary N) is 11. The van der Waals surface area contributed by atoms with Gasteiger partial charge in [0.25, 0.3) is 5.91 Å². The number of phenols is 3. The largest absolute Gasteiger partial charge is 0.508 e. The quantitative estimate of drug-likeness (QED) is 0.0358. The molecule has 124 heavy (non-hydrogen) atoms. The monoisotopic (exact) mass is 1780 g/mol. The van der Waals surface area contributed by atoms with Crippen molar-refractivity contribution >= 4 is 99.9 Å². The van der Waals surface area contributed by atoms with E-state index < -0.39 is 254 Å². The van der Waals surface area contributed by atoms with Crippen LogP contribution >= 0.6 is 34.8 Å². The number of phenolic OH excluding ortho intramolecular Hbond substituents is 3. The summed E-state index contributed by atoms with van der Waals surface area (Å²) in [5.74, 6) is -15.8. The summed E-state index contributed by atoms with van der Waals surface area (Å²) in [6.07, 6.45) is -15.3. The first-order valence-electron chi connectivity index (χ1n) is 38.9. The lowest BCUT2D eigenvalue weighted by atomic mass is 9.85. The van der Waals surface area contributed by atoms with Crippen molar-refractivity contribution in [2.75, 3.05) is 32.6 Å². The number of hydrogen-bond acceptors (Lipinski definition) is 29.